The second kappa shape index (κ2) is 5.62. The number of carbonyl (C=O) groups is 1. The van der Waals surface area contributed by atoms with Gasteiger partial charge in [0.2, 0.25) is 5.91 Å². The van der Waals surface area contributed by atoms with Crippen molar-refractivity contribution in [1.29, 1.82) is 0 Å². The van der Waals surface area contributed by atoms with E-state index in [1.807, 2.05) is 12.1 Å². The van der Waals surface area contributed by atoms with Gasteiger partial charge in [-0.05, 0) is 29.8 Å². The Balaban J connectivity index is 1.72. The summed E-state index contributed by atoms with van der Waals surface area (Å²) in [6.07, 6.45) is 3.32. The lowest BCUT2D eigenvalue weighted by Gasteiger charge is -2.05. The highest BCUT2D eigenvalue weighted by Gasteiger charge is 2.11. The molecule has 6 nitrogen and oxygen atoms in total. The molecule has 21 heavy (non-hydrogen) atoms. The molecule has 0 aliphatic rings. The van der Waals surface area contributed by atoms with E-state index in [0.29, 0.717) is 17.6 Å². The maximum atomic E-state index is 12.0. The Bertz CT molecular complexity index is 821. The number of nitrogens with one attached hydrogen (secondary N) is 1. The summed E-state index contributed by atoms with van der Waals surface area (Å²) in [7, 11) is 0. The van der Waals surface area contributed by atoms with Crippen LogP contribution in [0, 0.1) is 0 Å². The van der Waals surface area contributed by atoms with Crippen molar-refractivity contribution in [2.75, 3.05) is 0 Å². The molecule has 0 atom stereocenters. The Morgan fingerprint density at radius 1 is 1.19 bits per heavy atom. The number of carbonyl (C=O) groups excluding carboxylic acids is 1. The van der Waals surface area contributed by atoms with Crippen LogP contribution in [0.15, 0.2) is 58.0 Å². The fourth-order valence-corrected chi connectivity index (χ4v) is 2.06. The lowest BCUT2D eigenvalue weighted by molar-refractivity contribution is -0.121. The lowest BCUT2D eigenvalue weighted by atomic mass is 10.3. The van der Waals surface area contributed by atoms with Crippen LogP contribution in [-0.4, -0.2) is 15.5 Å². The Morgan fingerprint density at radius 2 is 1.95 bits per heavy atom. The minimum Gasteiger partial charge on any atom is -0.408 e. The zero-order valence-electron chi connectivity index (χ0n) is 11.2. The third-order valence-electron chi connectivity index (χ3n) is 3.11. The highest BCUT2D eigenvalue weighted by molar-refractivity contribution is 5.79. The van der Waals surface area contributed by atoms with Crippen LogP contribution in [0.4, 0.5) is 0 Å². The molecule has 0 aliphatic carbocycles. The standard InChI is InChI=1S/C15H13N3O3/c19-14(17-9-11-5-7-16-8-6-11)10-18-12-3-1-2-4-13(12)21-15(18)20/h1-8H,9-10H2,(H,17,19). The molecule has 0 fully saturated rings. The van der Waals surface area contributed by atoms with Crippen molar-refractivity contribution in [1.82, 2.24) is 14.9 Å². The maximum Gasteiger partial charge on any atom is 0.420 e. The Kier molecular flexibility index (Phi) is 3.51. The van der Waals surface area contributed by atoms with Crippen molar-refractivity contribution in [2.24, 2.45) is 0 Å². The van der Waals surface area contributed by atoms with Crippen LogP contribution in [0.5, 0.6) is 0 Å². The number of hydrogen-bond acceptors (Lipinski definition) is 4. The van der Waals surface area contributed by atoms with Crippen molar-refractivity contribution in [2.45, 2.75) is 13.1 Å². The van der Waals surface area contributed by atoms with Gasteiger partial charge in [-0.25, -0.2) is 4.79 Å². The molecule has 0 unspecified atom stereocenters. The average molecular weight is 283 g/mol. The first-order valence-electron chi connectivity index (χ1n) is 6.48. The van der Waals surface area contributed by atoms with E-state index in [-0.39, 0.29) is 12.5 Å². The van der Waals surface area contributed by atoms with E-state index < -0.39 is 5.76 Å². The van der Waals surface area contributed by atoms with Gasteiger partial charge in [-0.2, -0.15) is 0 Å². The number of para-hydroxylation sites is 2. The van der Waals surface area contributed by atoms with Crippen LogP contribution in [0.2, 0.25) is 0 Å². The highest BCUT2D eigenvalue weighted by Crippen LogP contribution is 2.11. The van der Waals surface area contributed by atoms with Crippen molar-refractivity contribution in [3.05, 3.63) is 64.9 Å². The summed E-state index contributed by atoms with van der Waals surface area (Å²) in [5.41, 5.74) is 2.04. The minimum atomic E-state index is -0.532. The number of amides is 1. The first-order valence-corrected chi connectivity index (χ1v) is 6.48. The molecule has 2 aromatic heterocycles. The van der Waals surface area contributed by atoms with Gasteiger partial charge in [-0.1, -0.05) is 12.1 Å². The van der Waals surface area contributed by atoms with Gasteiger partial charge in [0.1, 0.15) is 6.54 Å². The SMILES string of the molecule is O=C(Cn1c(=O)oc2ccccc21)NCc1ccncc1. The Morgan fingerprint density at radius 3 is 2.76 bits per heavy atom. The number of hydrogen-bond donors (Lipinski definition) is 1. The zero-order chi connectivity index (χ0) is 14.7. The lowest BCUT2D eigenvalue weighted by Crippen LogP contribution is -2.30. The van der Waals surface area contributed by atoms with Gasteiger partial charge in [-0.15, -0.1) is 0 Å². The van der Waals surface area contributed by atoms with Gasteiger partial charge in [-0.3, -0.25) is 14.3 Å². The van der Waals surface area contributed by atoms with Gasteiger partial charge in [0.25, 0.3) is 0 Å². The van der Waals surface area contributed by atoms with E-state index >= 15 is 0 Å². The third-order valence-corrected chi connectivity index (χ3v) is 3.11. The molecule has 1 N–H and O–H groups in total. The summed E-state index contributed by atoms with van der Waals surface area (Å²) >= 11 is 0. The van der Waals surface area contributed by atoms with Crippen LogP contribution in [-0.2, 0) is 17.9 Å². The fraction of sp³-hybridized carbons (Fsp3) is 0.133. The first kappa shape index (κ1) is 13.1. The minimum absolute atomic E-state index is 0.0685. The van der Waals surface area contributed by atoms with Crippen LogP contribution in [0.25, 0.3) is 11.1 Å². The second-order valence-electron chi connectivity index (χ2n) is 4.55. The normalized spacial score (nSPS) is 10.7. The van der Waals surface area contributed by atoms with Crippen LogP contribution < -0.4 is 11.1 Å². The van der Waals surface area contributed by atoms with Gasteiger partial charge < -0.3 is 9.73 Å². The monoisotopic (exact) mass is 283 g/mol. The number of aromatic nitrogens is 2. The van der Waals surface area contributed by atoms with E-state index in [4.69, 9.17) is 4.42 Å². The molecule has 2 heterocycles. The third kappa shape index (κ3) is 2.84. The van der Waals surface area contributed by atoms with E-state index in [0.717, 1.165) is 5.56 Å². The molecule has 0 spiro atoms. The number of fused-ring (bicyclic) bond motifs is 1. The average Bonchev–Trinajstić information content (AvgIpc) is 2.82. The number of benzene rings is 1. The zero-order valence-corrected chi connectivity index (χ0v) is 11.2. The Hall–Kier alpha value is -2.89. The van der Waals surface area contributed by atoms with E-state index in [2.05, 4.69) is 10.3 Å². The number of oxazole rings is 1. The topological polar surface area (TPSA) is 77.1 Å². The molecule has 3 aromatic rings. The first-order chi connectivity index (χ1) is 10.2. The van der Waals surface area contributed by atoms with Gasteiger partial charge in [0, 0.05) is 18.9 Å². The Labute approximate surface area is 120 Å². The molecular weight excluding hydrogens is 270 g/mol. The maximum absolute atomic E-state index is 12.0. The van der Waals surface area contributed by atoms with Crippen molar-refractivity contribution in [3.63, 3.8) is 0 Å². The summed E-state index contributed by atoms with van der Waals surface area (Å²) in [5.74, 6) is -0.782. The molecule has 1 aromatic carbocycles. The molecule has 0 saturated heterocycles. The quantitative estimate of drug-likeness (QED) is 0.783. The second-order valence-corrected chi connectivity index (χ2v) is 4.55. The van der Waals surface area contributed by atoms with Crippen LogP contribution in [0.1, 0.15) is 5.56 Å². The molecule has 0 aliphatic heterocycles. The summed E-state index contributed by atoms with van der Waals surface area (Å²) in [5, 5.41) is 2.76. The molecular formula is C15H13N3O3. The molecule has 0 bridgehead atoms. The largest absolute Gasteiger partial charge is 0.420 e. The summed E-state index contributed by atoms with van der Waals surface area (Å²) in [6, 6.07) is 10.7. The smallest absolute Gasteiger partial charge is 0.408 e. The molecule has 1 amide bonds. The van der Waals surface area contributed by atoms with E-state index in [9.17, 15) is 9.59 Å². The van der Waals surface area contributed by atoms with E-state index in [1.54, 1.807) is 36.7 Å². The van der Waals surface area contributed by atoms with Gasteiger partial charge >= 0.3 is 5.76 Å². The molecule has 6 heteroatoms. The van der Waals surface area contributed by atoms with Crippen molar-refractivity contribution >= 4 is 17.0 Å². The molecule has 0 radical (unpaired) electrons. The molecule has 0 saturated carbocycles. The molecule has 3 rings (SSSR count). The van der Waals surface area contributed by atoms with Crippen molar-refractivity contribution < 1.29 is 9.21 Å². The van der Waals surface area contributed by atoms with E-state index in [1.165, 1.54) is 4.57 Å². The number of rotatable bonds is 4. The molecule has 106 valence electrons. The predicted octanol–water partition coefficient (Wildman–Crippen LogP) is 1.31. The fourth-order valence-electron chi connectivity index (χ4n) is 2.06. The number of nitrogens with zero attached hydrogens (tertiary/aromatic N) is 2. The van der Waals surface area contributed by atoms with Gasteiger partial charge in [0.15, 0.2) is 5.58 Å². The van der Waals surface area contributed by atoms with Gasteiger partial charge in [0.05, 0.1) is 5.52 Å². The predicted molar refractivity (Wildman–Crippen MR) is 76.6 cm³/mol. The van der Waals surface area contributed by atoms with Crippen LogP contribution in [0.3, 0.4) is 0 Å². The van der Waals surface area contributed by atoms with Crippen LogP contribution >= 0.6 is 0 Å². The summed E-state index contributed by atoms with van der Waals surface area (Å²) < 4.78 is 6.40. The highest BCUT2D eigenvalue weighted by atomic mass is 16.4. The van der Waals surface area contributed by atoms with Crippen molar-refractivity contribution in [3.8, 4) is 0 Å². The summed E-state index contributed by atoms with van der Waals surface area (Å²) in [6.45, 7) is 0.326. The number of pyridine rings is 1. The summed E-state index contributed by atoms with van der Waals surface area (Å²) in [4.78, 5) is 27.6.